The van der Waals surface area contributed by atoms with E-state index in [0.29, 0.717) is 0 Å². The Labute approximate surface area is 96.9 Å². The van der Waals surface area contributed by atoms with E-state index in [-0.39, 0.29) is 0 Å². The van der Waals surface area contributed by atoms with Crippen molar-refractivity contribution in [3.8, 4) is 0 Å². The van der Waals surface area contributed by atoms with Gasteiger partial charge in [-0.2, -0.15) is 0 Å². The third-order valence-corrected chi connectivity index (χ3v) is 2.40. The van der Waals surface area contributed by atoms with Crippen LogP contribution in [0.4, 0.5) is 0 Å². The molecule has 0 atom stereocenters. The summed E-state index contributed by atoms with van der Waals surface area (Å²) in [7, 11) is 0. The second-order valence-corrected chi connectivity index (χ2v) is 5.67. The Morgan fingerprint density at radius 2 is 1.46 bits per heavy atom. The van der Waals surface area contributed by atoms with Crippen LogP contribution in [0, 0.1) is 6.42 Å². The van der Waals surface area contributed by atoms with E-state index >= 15 is 0 Å². The average molecular weight is 245 g/mol. The van der Waals surface area contributed by atoms with Gasteiger partial charge >= 0.3 is 0 Å². The molecule has 0 aromatic rings. The monoisotopic (exact) mass is 243 g/mol. The van der Waals surface area contributed by atoms with Gasteiger partial charge in [-0.15, -0.1) is 0 Å². The molecular weight excluding hydrogens is 226 g/mol. The van der Waals surface area contributed by atoms with Gasteiger partial charge in [0.15, 0.2) is 3.79 Å². The van der Waals surface area contributed by atoms with Gasteiger partial charge in [0.25, 0.3) is 0 Å². The molecular formula is C10H18Cl3. The van der Waals surface area contributed by atoms with Crippen LogP contribution < -0.4 is 0 Å². The number of hydrogen-bond acceptors (Lipinski definition) is 0. The average Bonchev–Trinajstić information content (AvgIpc) is 2.01. The summed E-state index contributed by atoms with van der Waals surface area (Å²) in [4.78, 5) is 0. The summed E-state index contributed by atoms with van der Waals surface area (Å²) in [5, 5.41) is 0. The zero-order valence-electron chi connectivity index (χ0n) is 8.16. The lowest BCUT2D eigenvalue weighted by Gasteiger charge is -2.08. The fourth-order valence-corrected chi connectivity index (χ4v) is 1.52. The Balaban J connectivity index is 3.00. The second kappa shape index (κ2) is 8.20. The van der Waals surface area contributed by atoms with Crippen molar-refractivity contribution in [3.63, 3.8) is 0 Å². The molecule has 0 rings (SSSR count). The maximum atomic E-state index is 5.57. The minimum Gasteiger partial charge on any atom is -0.0834 e. The van der Waals surface area contributed by atoms with Gasteiger partial charge in [0.1, 0.15) is 0 Å². The van der Waals surface area contributed by atoms with E-state index in [1.165, 1.54) is 32.1 Å². The molecule has 0 aliphatic carbocycles. The maximum Gasteiger partial charge on any atom is 0.193 e. The lowest BCUT2D eigenvalue weighted by atomic mass is 10.1. The topological polar surface area (TPSA) is 0 Å². The van der Waals surface area contributed by atoms with Crippen molar-refractivity contribution in [1.29, 1.82) is 0 Å². The Kier molecular flexibility index (Phi) is 8.75. The molecule has 0 spiro atoms. The molecule has 3 heteroatoms. The van der Waals surface area contributed by atoms with Gasteiger partial charge in [0.2, 0.25) is 0 Å². The minimum atomic E-state index is -1.16. The first-order valence-electron chi connectivity index (χ1n) is 4.97. The summed E-state index contributed by atoms with van der Waals surface area (Å²) >= 11 is 16.7. The number of hydrogen-bond donors (Lipinski definition) is 0. The van der Waals surface area contributed by atoms with E-state index in [1.54, 1.807) is 6.42 Å². The van der Waals surface area contributed by atoms with Crippen LogP contribution in [0.25, 0.3) is 0 Å². The zero-order chi connectivity index (χ0) is 10.2. The third-order valence-electron chi connectivity index (χ3n) is 1.93. The predicted molar refractivity (Wildman–Crippen MR) is 62.6 cm³/mol. The molecule has 0 bridgehead atoms. The first-order valence-corrected chi connectivity index (χ1v) is 6.10. The summed E-state index contributed by atoms with van der Waals surface area (Å²) in [6.07, 6.45) is 10.3. The molecule has 79 valence electrons. The van der Waals surface area contributed by atoms with Crippen molar-refractivity contribution < 1.29 is 0 Å². The molecule has 0 aliphatic heterocycles. The minimum absolute atomic E-state index is 0.905. The molecule has 0 aromatic carbocycles. The van der Waals surface area contributed by atoms with Crippen LogP contribution >= 0.6 is 34.8 Å². The summed E-state index contributed by atoms with van der Waals surface area (Å²) in [6.45, 7) is 2.22. The first-order chi connectivity index (χ1) is 6.06. The van der Waals surface area contributed by atoms with Crippen molar-refractivity contribution in [1.82, 2.24) is 0 Å². The Hall–Kier alpha value is 0.870. The van der Waals surface area contributed by atoms with Crippen LogP contribution in [0.1, 0.15) is 51.9 Å². The third kappa shape index (κ3) is 12.9. The highest BCUT2D eigenvalue weighted by Gasteiger charge is 2.18. The number of rotatable bonds is 7. The molecule has 0 heterocycles. The van der Waals surface area contributed by atoms with Crippen LogP contribution in [0.3, 0.4) is 0 Å². The van der Waals surface area contributed by atoms with Gasteiger partial charge in [-0.05, 0) is 6.42 Å². The highest BCUT2D eigenvalue weighted by molar-refractivity contribution is 6.68. The fraction of sp³-hybridized carbons (Fsp3) is 0.900. The van der Waals surface area contributed by atoms with Crippen LogP contribution in [-0.2, 0) is 0 Å². The van der Waals surface area contributed by atoms with Gasteiger partial charge in [-0.3, -0.25) is 0 Å². The van der Waals surface area contributed by atoms with Crippen LogP contribution in [0.5, 0.6) is 0 Å². The molecule has 0 aliphatic rings. The standard InChI is InChI=1S/C10H18Cl3/c1-2-3-4-5-6-7-8-9-10(11,12)13/h9H,2-8H2,1H3. The summed E-state index contributed by atoms with van der Waals surface area (Å²) in [5.41, 5.74) is 0. The summed E-state index contributed by atoms with van der Waals surface area (Å²) in [6, 6.07) is 0. The van der Waals surface area contributed by atoms with Gasteiger partial charge in [-0.1, -0.05) is 80.3 Å². The van der Waals surface area contributed by atoms with Gasteiger partial charge < -0.3 is 0 Å². The second-order valence-electron chi connectivity index (χ2n) is 3.30. The SMILES string of the molecule is CCCCCCCC[CH]C(Cl)(Cl)Cl. The van der Waals surface area contributed by atoms with Crippen molar-refractivity contribution >= 4 is 34.8 Å². The molecule has 0 amide bonds. The molecule has 0 fully saturated rings. The number of halogens is 3. The smallest absolute Gasteiger partial charge is 0.0834 e. The quantitative estimate of drug-likeness (QED) is 0.420. The van der Waals surface area contributed by atoms with Crippen molar-refractivity contribution in [2.24, 2.45) is 0 Å². The van der Waals surface area contributed by atoms with E-state index in [0.717, 1.165) is 12.8 Å². The lowest BCUT2D eigenvalue weighted by Crippen LogP contribution is -2.01. The van der Waals surface area contributed by atoms with Crippen LogP contribution in [0.2, 0.25) is 0 Å². The van der Waals surface area contributed by atoms with E-state index in [4.69, 9.17) is 34.8 Å². The zero-order valence-corrected chi connectivity index (χ0v) is 10.4. The van der Waals surface area contributed by atoms with Crippen molar-refractivity contribution in [2.45, 2.75) is 55.7 Å². The summed E-state index contributed by atoms with van der Waals surface area (Å²) < 4.78 is -1.16. The predicted octanol–water partition coefficient (Wildman–Crippen LogP) is 5.31. The molecule has 0 nitrogen and oxygen atoms in total. The highest BCUT2D eigenvalue weighted by Crippen LogP contribution is 2.31. The molecule has 0 N–H and O–H groups in total. The molecule has 0 unspecified atom stereocenters. The first kappa shape index (κ1) is 13.9. The van der Waals surface area contributed by atoms with E-state index in [1.807, 2.05) is 0 Å². The largest absolute Gasteiger partial charge is 0.193 e. The normalized spacial score (nSPS) is 12.0. The molecule has 0 aromatic heterocycles. The Bertz CT molecular complexity index is 107. The number of unbranched alkanes of at least 4 members (excludes halogenated alkanes) is 6. The fourth-order valence-electron chi connectivity index (χ4n) is 1.19. The van der Waals surface area contributed by atoms with Gasteiger partial charge in [0, 0.05) is 6.42 Å². The van der Waals surface area contributed by atoms with Crippen molar-refractivity contribution in [3.05, 3.63) is 6.42 Å². The molecule has 0 saturated carbocycles. The van der Waals surface area contributed by atoms with Crippen molar-refractivity contribution in [2.75, 3.05) is 0 Å². The molecule has 0 saturated heterocycles. The van der Waals surface area contributed by atoms with Gasteiger partial charge in [-0.25, -0.2) is 0 Å². The highest BCUT2D eigenvalue weighted by atomic mass is 35.6. The molecule has 13 heavy (non-hydrogen) atoms. The lowest BCUT2D eigenvalue weighted by molar-refractivity contribution is 0.604. The van der Waals surface area contributed by atoms with E-state index in [2.05, 4.69) is 6.92 Å². The van der Waals surface area contributed by atoms with Gasteiger partial charge in [0.05, 0.1) is 0 Å². The van der Waals surface area contributed by atoms with E-state index in [9.17, 15) is 0 Å². The Morgan fingerprint density at radius 1 is 0.923 bits per heavy atom. The summed E-state index contributed by atoms with van der Waals surface area (Å²) in [5.74, 6) is 0. The van der Waals surface area contributed by atoms with E-state index < -0.39 is 3.79 Å². The maximum absolute atomic E-state index is 5.57. The van der Waals surface area contributed by atoms with Crippen LogP contribution in [0.15, 0.2) is 0 Å². The van der Waals surface area contributed by atoms with Crippen LogP contribution in [-0.4, -0.2) is 3.79 Å². The molecule has 1 radical (unpaired) electrons. The number of alkyl halides is 3. The Morgan fingerprint density at radius 3 is 2.00 bits per heavy atom.